The molecule has 0 unspecified atom stereocenters. The fourth-order valence-electron chi connectivity index (χ4n) is 3.36. The topological polar surface area (TPSA) is 67.9 Å². The average Bonchev–Trinajstić information content (AvgIpc) is 2.69. The zero-order valence-electron chi connectivity index (χ0n) is 16.7. The monoisotopic (exact) mass is 376 g/mol. The van der Waals surface area contributed by atoms with E-state index in [9.17, 15) is 9.59 Å². The Hall–Kier alpha value is -2.24. The third kappa shape index (κ3) is 6.45. The van der Waals surface area contributed by atoms with Crippen molar-refractivity contribution in [3.8, 4) is 11.5 Å². The summed E-state index contributed by atoms with van der Waals surface area (Å²) in [5.74, 6) is 1.67. The van der Waals surface area contributed by atoms with Crippen molar-refractivity contribution in [2.75, 3.05) is 26.3 Å². The van der Waals surface area contributed by atoms with Crippen LogP contribution in [0.5, 0.6) is 11.5 Å². The predicted molar refractivity (Wildman–Crippen MR) is 105 cm³/mol. The van der Waals surface area contributed by atoms with E-state index in [-0.39, 0.29) is 30.4 Å². The minimum atomic E-state index is -0.131. The Morgan fingerprint density at radius 3 is 2.11 bits per heavy atom. The van der Waals surface area contributed by atoms with Gasteiger partial charge in [0.1, 0.15) is 11.5 Å². The van der Waals surface area contributed by atoms with Gasteiger partial charge in [0.15, 0.2) is 6.61 Å². The van der Waals surface area contributed by atoms with E-state index in [1.807, 2.05) is 24.0 Å². The van der Waals surface area contributed by atoms with Crippen LogP contribution in [0.3, 0.4) is 0 Å². The molecule has 1 aliphatic heterocycles. The quantitative estimate of drug-likeness (QED) is 0.719. The largest absolute Gasteiger partial charge is 0.494 e. The highest BCUT2D eigenvalue weighted by atomic mass is 16.5. The highest BCUT2D eigenvalue weighted by Gasteiger charge is 2.27. The van der Waals surface area contributed by atoms with E-state index < -0.39 is 0 Å². The summed E-state index contributed by atoms with van der Waals surface area (Å²) in [4.78, 5) is 26.5. The van der Waals surface area contributed by atoms with Crippen LogP contribution in [0.4, 0.5) is 0 Å². The Kier molecular flexibility index (Phi) is 8.43. The molecule has 6 heteroatoms. The summed E-state index contributed by atoms with van der Waals surface area (Å²) in [6.45, 7) is 8.07. The van der Waals surface area contributed by atoms with Gasteiger partial charge in [-0.1, -0.05) is 13.8 Å². The highest BCUT2D eigenvalue weighted by molar-refractivity contribution is 5.79. The molecule has 1 aromatic carbocycles. The molecule has 1 aliphatic rings. The van der Waals surface area contributed by atoms with Crippen LogP contribution in [0.25, 0.3) is 0 Å². The fraction of sp³-hybridized carbons (Fsp3) is 0.619. The van der Waals surface area contributed by atoms with Crippen molar-refractivity contribution in [3.05, 3.63) is 24.3 Å². The van der Waals surface area contributed by atoms with Gasteiger partial charge < -0.3 is 19.7 Å². The highest BCUT2D eigenvalue weighted by Crippen LogP contribution is 2.18. The molecular weight excluding hydrogens is 344 g/mol. The van der Waals surface area contributed by atoms with Gasteiger partial charge in [0.05, 0.1) is 6.61 Å². The maximum absolute atomic E-state index is 12.4. The van der Waals surface area contributed by atoms with Crippen LogP contribution in [-0.4, -0.2) is 49.1 Å². The maximum atomic E-state index is 12.4. The second-order valence-corrected chi connectivity index (χ2v) is 6.87. The van der Waals surface area contributed by atoms with Gasteiger partial charge in [-0.05, 0) is 56.9 Å². The first-order chi connectivity index (χ1) is 13.1. The molecule has 2 rings (SSSR count). The lowest BCUT2D eigenvalue weighted by Crippen LogP contribution is -2.48. The van der Waals surface area contributed by atoms with Gasteiger partial charge in [-0.2, -0.15) is 0 Å². The Bertz CT molecular complexity index is 591. The van der Waals surface area contributed by atoms with Crippen LogP contribution in [0, 0.1) is 5.92 Å². The predicted octanol–water partition coefficient (Wildman–Crippen LogP) is 3.01. The van der Waals surface area contributed by atoms with Crippen molar-refractivity contribution >= 4 is 11.8 Å². The van der Waals surface area contributed by atoms with Crippen molar-refractivity contribution < 1.29 is 19.1 Å². The summed E-state index contributed by atoms with van der Waals surface area (Å²) in [6.07, 6.45) is 3.35. The summed E-state index contributed by atoms with van der Waals surface area (Å²) in [5, 5.41) is 3.01. The molecule has 0 atom stereocenters. The molecule has 0 spiro atoms. The van der Waals surface area contributed by atoms with Crippen LogP contribution < -0.4 is 14.8 Å². The van der Waals surface area contributed by atoms with E-state index in [1.54, 1.807) is 12.1 Å². The molecule has 0 radical (unpaired) electrons. The number of nitrogens with one attached hydrogen (secondary N) is 1. The van der Waals surface area contributed by atoms with Crippen LogP contribution in [-0.2, 0) is 9.59 Å². The SMILES string of the molecule is CCOc1ccc(OCC(=O)NC2CCN(C(=O)C(CC)CC)CC2)cc1. The average molecular weight is 376 g/mol. The Balaban J connectivity index is 1.70. The minimum Gasteiger partial charge on any atom is -0.494 e. The lowest BCUT2D eigenvalue weighted by molar-refractivity contribution is -0.137. The molecule has 27 heavy (non-hydrogen) atoms. The molecule has 1 fully saturated rings. The smallest absolute Gasteiger partial charge is 0.258 e. The number of amides is 2. The molecule has 150 valence electrons. The van der Waals surface area contributed by atoms with E-state index in [0.29, 0.717) is 25.4 Å². The Labute approximate surface area is 162 Å². The van der Waals surface area contributed by atoms with Crippen molar-refractivity contribution in [1.82, 2.24) is 10.2 Å². The van der Waals surface area contributed by atoms with Crippen molar-refractivity contribution in [2.45, 2.75) is 52.5 Å². The zero-order chi connectivity index (χ0) is 19.6. The molecule has 1 saturated heterocycles. The first-order valence-electron chi connectivity index (χ1n) is 10.0. The summed E-state index contributed by atoms with van der Waals surface area (Å²) >= 11 is 0. The standard InChI is InChI=1S/C21H32N2O4/c1-4-16(5-2)21(25)23-13-11-17(12-14-23)22-20(24)15-27-19-9-7-18(8-10-19)26-6-3/h7-10,16-17H,4-6,11-15H2,1-3H3,(H,22,24). The molecule has 2 amide bonds. The molecule has 0 saturated carbocycles. The second kappa shape index (κ2) is 10.8. The van der Waals surface area contributed by atoms with Gasteiger partial charge in [0, 0.05) is 25.0 Å². The number of hydrogen-bond donors (Lipinski definition) is 1. The van der Waals surface area contributed by atoms with Crippen molar-refractivity contribution in [2.24, 2.45) is 5.92 Å². The zero-order valence-corrected chi connectivity index (χ0v) is 16.7. The number of hydrogen-bond acceptors (Lipinski definition) is 4. The number of benzene rings is 1. The number of rotatable bonds is 9. The third-order valence-electron chi connectivity index (χ3n) is 5.01. The lowest BCUT2D eigenvalue weighted by Gasteiger charge is -2.34. The third-order valence-corrected chi connectivity index (χ3v) is 5.01. The molecule has 6 nitrogen and oxygen atoms in total. The second-order valence-electron chi connectivity index (χ2n) is 6.87. The van der Waals surface area contributed by atoms with Gasteiger partial charge >= 0.3 is 0 Å². The van der Waals surface area contributed by atoms with E-state index >= 15 is 0 Å². The Morgan fingerprint density at radius 2 is 1.59 bits per heavy atom. The number of ether oxygens (including phenoxy) is 2. The number of piperidine rings is 1. The lowest BCUT2D eigenvalue weighted by atomic mass is 9.98. The maximum Gasteiger partial charge on any atom is 0.258 e. The number of likely N-dealkylation sites (tertiary alicyclic amines) is 1. The van der Waals surface area contributed by atoms with E-state index in [4.69, 9.17) is 9.47 Å². The van der Waals surface area contributed by atoms with E-state index in [2.05, 4.69) is 19.2 Å². The summed E-state index contributed by atoms with van der Waals surface area (Å²) in [6, 6.07) is 7.33. The van der Waals surface area contributed by atoms with Crippen LogP contribution in [0.1, 0.15) is 46.5 Å². The van der Waals surface area contributed by atoms with Gasteiger partial charge in [-0.25, -0.2) is 0 Å². The normalized spacial score (nSPS) is 14.9. The van der Waals surface area contributed by atoms with Gasteiger partial charge in [-0.15, -0.1) is 0 Å². The fourth-order valence-corrected chi connectivity index (χ4v) is 3.36. The number of carbonyl (C=O) groups excluding carboxylic acids is 2. The van der Waals surface area contributed by atoms with Crippen LogP contribution >= 0.6 is 0 Å². The Morgan fingerprint density at radius 1 is 1.04 bits per heavy atom. The number of carbonyl (C=O) groups is 2. The first kappa shape index (κ1) is 21.1. The van der Waals surface area contributed by atoms with Crippen molar-refractivity contribution in [1.29, 1.82) is 0 Å². The molecular formula is C21H32N2O4. The van der Waals surface area contributed by atoms with Crippen LogP contribution in [0.15, 0.2) is 24.3 Å². The molecule has 1 N–H and O–H groups in total. The molecule has 0 bridgehead atoms. The first-order valence-corrected chi connectivity index (χ1v) is 10.0. The number of nitrogens with zero attached hydrogens (tertiary/aromatic N) is 1. The summed E-state index contributed by atoms with van der Waals surface area (Å²) in [7, 11) is 0. The summed E-state index contributed by atoms with van der Waals surface area (Å²) in [5.41, 5.74) is 0. The van der Waals surface area contributed by atoms with Crippen LogP contribution in [0.2, 0.25) is 0 Å². The van der Waals surface area contributed by atoms with Gasteiger partial charge in [0.2, 0.25) is 5.91 Å². The molecule has 1 aromatic rings. The molecule has 1 heterocycles. The van der Waals surface area contributed by atoms with Crippen molar-refractivity contribution in [3.63, 3.8) is 0 Å². The molecule has 0 aromatic heterocycles. The summed E-state index contributed by atoms with van der Waals surface area (Å²) < 4.78 is 10.9. The van der Waals surface area contributed by atoms with E-state index in [0.717, 1.165) is 31.4 Å². The van der Waals surface area contributed by atoms with Gasteiger partial charge in [-0.3, -0.25) is 9.59 Å². The van der Waals surface area contributed by atoms with Gasteiger partial charge in [0.25, 0.3) is 5.91 Å². The minimum absolute atomic E-state index is 0.0130. The molecule has 0 aliphatic carbocycles. The van der Waals surface area contributed by atoms with E-state index in [1.165, 1.54) is 0 Å².